The van der Waals surface area contributed by atoms with Gasteiger partial charge in [-0.2, -0.15) is 0 Å². The van der Waals surface area contributed by atoms with E-state index in [-0.39, 0.29) is 5.91 Å². The van der Waals surface area contributed by atoms with Crippen molar-refractivity contribution in [3.05, 3.63) is 28.2 Å². The van der Waals surface area contributed by atoms with Crippen molar-refractivity contribution >= 4 is 21.8 Å². The fourth-order valence-electron chi connectivity index (χ4n) is 3.77. The van der Waals surface area contributed by atoms with E-state index in [9.17, 15) is 4.79 Å². The number of piperidine rings is 1. The van der Waals surface area contributed by atoms with Gasteiger partial charge in [-0.1, -0.05) is 19.3 Å². The predicted octanol–water partition coefficient (Wildman–Crippen LogP) is 4.11. The van der Waals surface area contributed by atoms with Gasteiger partial charge in [0.2, 0.25) is 0 Å². The molecule has 3 rings (SSSR count). The normalized spacial score (nSPS) is 25.3. The highest BCUT2D eigenvalue weighted by atomic mass is 79.9. The highest BCUT2D eigenvalue weighted by Gasteiger charge is 2.33. The van der Waals surface area contributed by atoms with Crippen LogP contribution in [0.15, 0.2) is 22.7 Å². The lowest BCUT2D eigenvalue weighted by atomic mass is 9.75. The van der Waals surface area contributed by atoms with E-state index in [1.165, 1.54) is 32.1 Å². The summed E-state index contributed by atoms with van der Waals surface area (Å²) in [5, 5.41) is 0. The minimum absolute atomic E-state index is 0.155. The number of rotatable bonds is 2. The first-order valence-corrected chi connectivity index (χ1v) is 8.61. The van der Waals surface area contributed by atoms with E-state index in [4.69, 9.17) is 4.74 Å². The SMILES string of the molecule is COc1ccc(C(=O)N2CC[C@@H]3CCCC[C@@H]3C2)cc1Br. The third-order valence-corrected chi connectivity index (χ3v) is 5.60. The number of fused-ring (bicyclic) bond motifs is 1. The van der Waals surface area contributed by atoms with Gasteiger partial charge in [-0.15, -0.1) is 0 Å². The lowest BCUT2D eigenvalue weighted by Crippen LogP contribution is -2.44. The van der Waals surface area contributed by atoms with Gasteiger partial charge in [0, 0.05) is 18.7 Å². The number of hydrogen-bond acceptors (Lipinski definition) is 2. The number of hydrogen-bond donors (Lipinski definition) is 0. The fourth-order valence-corrected chi connectivity index (χ4v) is 4.31. The van der Waals surface area contributed by atoms with Gasteiger partial charge in [0.15, 0.2) is 0 Å². The van der Waals surface area contributed by atoms with Crippen LogP contribution in [0.4, 0.5) is 0 Å². The lowest BCUT2D eigenvalue weighted by Gasteiger charge is -2.41. The molecule has 1 aliphatic carbocycles. The zero-order valence-electron chi connectivity index (χ0n) is 12.5. The average molecular weight is 352 g/mol. The molecule has 1 saturated carbocycles. The minimum Gasteiger partial charge on any atom is -0.496 e. The van der Waals surface area contributed by atoms with E-state index in [0.29, 0.717) is 0 Å². The molecule has 1 saturated heterocycles. The van der Waals surface area contributed by atoms with E-state index >= 15 is 0 Å². The number of carbonyl (C=O) groups is 1. The van der Waals surface area contributed by atoms with Crippen LogP contribution in [0.5, 0.6) is 5.75 Å². The molecule has 2 atom stereocenters. The molecule has 1 aromatic rings. The molecule has 3 nitrogen and oxygen atoms in total. The third kappa shape index (κ3) is 3.10. The summed E-state index contributed by atoms with van der Waals surface area (Å²) in [6.45, 7) is 1.84. The van der Waals surface area contributed by atoms with Gasteiger partial charge in [0.25, 0.3) is 5.91 Å². The van der Waals surface area contributed by atoms with Crippen LogP contribution in [0.1, 0.15) is 42.5 Å². The number of halogens is 1. The van der Waals surface area contributed by atoms with E-state index in [1.807, 2.05) is 23.1 Å². The van der Waals surface area contributed by atoms with Crippen LogP contribution in [0.2, 0.25) is 0 Å². The quantitative estimate of drug-likeness (QED) is 0.802. The van der Waals surface area contributed by atoms with Crippen LogP contribution < -0.4 is 4.74 Å². The number of amides is 1. The van der Waals surface area contributed by atoms with Gasteiger partial charge in [0.05, 0.1) is 11.6 Å². The molecule has 2 aliphatic rings. The van der Waals surface area contributed by atoms with Gasteiger partial charge in [0.1, 0.15) is 5.75 Å². The number of carbonyl (C=O) groups excluding carboxylic acids is 1. The Morgan fingerprint density at radius 1 is 1.24 bits per heavy atom. The first kappa shape index (κ1) is 14.9. The van der Waals surface area contributed by atoms with E-state index in [0.717, 1.165) is 40.7 Å². The van der Waals surface area contributed by atoms with Crippen molar-refractivity contribution < 1.29 is 9.53 Å². The molecule has 0 aromatic heterocycles. The molecule has 114 valence electrons. The molecule has 1 heterocycles. The van der Waals surface area contributed by atoms with Gasteiger partial charge in [-0.25, -0.2) is 0 Å². The van der Waals surface area contributed by atoms with Crippen molar-refractivity contribution in [2.24, 2.45) is 11.8 Å². The average Bonchev–Trinajstić information content (AvgIpc) is 2.53. The maximum atomic E-state index is 12.7. The minimum atomic E-state index is 0.155. The molecule has 0 N–H and O–H groups in total. The van der Waals surface area contributed by atoms with Crippen LogP contribution in [0.3, 0.4) is 0 Å². The lowest BCUT2D eigenvalue weighted by molar-refractivity contribution is 0.0521. The summed E-state index contributed by atoms with van der Waals surface area (Å²) in [6.07, 6.45) is 6.53. The third-order valence-electron chi connectivity index (χ3n) is 4.98. The summed E-state index contributed by atoms with van der Waals surface area (Å²) in [7, 11) is 1.63. The molecule has 0 radical (unpaired) electrons. The predicted molar refractivity (Wildman–Crippen MR) is 86.7 cm³/mol. The standard InChI is InChI=1S/C17H22BrNO2/c1-21-16-7-6-13(10-15(16)18)17(20)19-9-8-12-4-2-3-5-14(12)11-19/h6-7,10,12,14H,2-5,8-9,11H2,1H3/t12-,14+/m0/s1. The Bertz CT molecular complexity index is 532. The van der Waals surface area contributed by atoms with Gasteiger partial charge in [-0.05, 0) is 58.8 Å². The van der Waals surface area contributed by atoms with Gasteiger partial charge in [-0.3, -0.25) is 4.79 Å². The topological polar surface area (TPSA) is 29.5 Å². The Labute approximate surface area is 134 Å². The smallest absolute Gasteiger partial charge is 0.253 e. The molecule has 21 heavy (non-hydrogen) atoms. The summed E-state index contributed by atoms with van der Waals surface area (Å²) in [6, 6.07) is 5.58. The molecule has 4 heteroatoms. The molecule has 0 bridgehead atoms. The monoisotopic (exact) mass is 351 g/mol. The molecule has 0 unspecified atom stereocenters. The van der Waals surface area contributed by atoms with Gasteiger partial charge >= 0.3 is 0 Å². The molecular weight excluding hydrogens is 330 g/mol. The number of ether oxygens (including phenoxy) is 1. The molecule has 1 aliphatic heterocycles. The molecule has 0 spiro atoms. The Morgan fingerprint density at radius 3 is 2.71 bits per heavy atom. The largest absolute Gasteiger partial charge is 0.496 e. The highest BCUT2D eigenvalue weighted by molar-refractivity contribution is 9.10. The van der Waals surface area contributed by atoms with Crippen LogP contribution in [-0.4, -0.2) is 31.0 Å². The van der Waals surface area contributed by atoms with E-state index in [2.05, 4.69) is 15.9 Å². The first-order chi connectivity index (χ1) is 10.2. The zero-order valence-corrected chi connectivity index (χ0v) is 14.1. The number of nitrogens with zero attached hydrogens (tertiary/aromatic N) is 1. The van der Waals surface area contributed by atoms with E-state index in [1.54, 1.807) is 7.11 Å². The molecular formula is C17H22BrNO2. The second-order valence-electron chi connectivity index (χ2n) is 6.19. The summed E-state index contributed by atoms with van der Waals surface area (Å²) in [4.78, 5) is 14.7. The summed E-state index contributed by atoms with van der Waals surface area (Å²) in [5.41, 5.74) is 0.747. The Kier molecular flexibility index (Phi) is 4.53. The zero-order chi connectivity index (χ0) is 14.8. The first-order valence-electron chi connectivity index (χ1n) is 7.82. The summed E-state index contributed by atoms with van der Waals surface area (Å²) in [5.74, 6) is 2.49. The summed E-state index contributed by atoms with van der Waals surface area (Å²) >= 11 is 3.46. The second kappa shape index (κ2) is 6.39. The van der Waals surface area contributed by atoms with Crippen LogP contribution in [0, 0.1) is 11.8 Å². The van der Waals surface area contributed by atoms with Crippen LogP contribution in [0.25, 0.3) is 0 Å². The van der Waals surface area contributed by atoms with Crippen molar-refractivity contribution in [2.75, 3.05) is 20.2 Å². The van der Waals surface area contributed by atoms with Crippen molar-refractivity contribution in [3.63, 3.8) is 0 Å². The van der Waals surface area contributed by atoms with Crippen LogP contribution in [-0.2, 0) is 0 Å². The number of likely N-dealkylation sites (tertiary alicyclic amines) is 1. The summed E-state index contributed by atoms with van der Waals surface area (Å²) < 4.78 is 6.06. The molecule has 1 amide bonds. The van der Waals surface area contributed by atoms with Crippen molar-refractivity contribution in [1.82, 2.24) is 4.90 Å². The Balaban J connectivity index is 1.71. The Hall–Kier alpha value is -1.03. The maximum Gasteiger partial charge on any atom is 0.253 e. The van der Waals surface area contributed by atoms with Crippen molar-refractivity contribution in [1.29, 1.82) is 0 Å². The van der Waals surface area contributed by atoms with Crippen molar-refractivity contribution in [3.8, 4) is 5.75 Å². The Morgan fingerprint density at radius 2 is 2.00 bits per heavy atom. The number of methoxy groups -OCH3 is 1. The van der Waals surface area contributed by atoms with Crippen molar-refractivity contribution in [2.45, 2.75) is 32.1 Å². The van der Waals surface area contributed by atoms with Gasteiger partial charge < -0.3 is 9.64 Å². The molecule has 1 aromatic carbocycles. The second-order valence-corrected chi connectivity index (χ2v) is 7.05. The van der Waals surface area contributed by atoms with Crippen LogP contribution >= 0.6 is 15.9 Å². The van der Waals surface area contributed by atoms with E-state index < -0.39 is 0 Å². The fraction of sp³-hybridized carbons (Fsp3) is 0.588. The maximum absolute atomic E-state index is 12.7. The number of benzene rings is 1. The highest BCUT2D eigenvalue weighted by Crippen LogP contribution is 2.36. The molecule has 2 fully saturated rings.